The Bertz CT molecular complexity index is 642. The Balaban J connectivity index is 2.16. The van der Waals surface area contributed by atoms with E-state index in [9.17, 15) is 4.79 Å². The molecule has 2 rings (SSSR count). The molecule has 0 saturated carbocycles. The molecule has 7 heteroatoms. The van der Waals surface area contributed by atoms with Crippen LogP contribution in [0, 0.1) is 19.8 Å². The van der Waals surface area contributed by atoms with Gasteiger partial charge in [0.05, 0.1) is 11.4 Å². The van der Waals surface area contributed by atoms with Gasteiger partial charge in [0.15, 0.2) is 0 Å². The van der Waals surface area contributed by atoms with Crippen molar-refractivity contribution in [1.29, 1.82) is 0 Å². The number of carbonyl (C=O) groups excluding carboxylic acids is 1. The largest absolute Gasteiger partial charge is 0.350 e. The SMILES string of the molecule is Cc1nn(C)c(C)c1-c1cc(C(=O)NCC(C)CN)[nH]n1. The Kier molecular flexibility index (Phi) is 4.42. The van der Waals surface area contributed by atoms with Gasteiger partial charge in [0.25, 0.3) is 5.91 Å². The quantitative estimate of drug-likeness (QED) is 0.756. The summed E-state index contributed by atoms with van der Waals surface area (Å²) in [6.45, 7) is 6.99. The minimum Gasteiger partial charge on any atom is -0.350 e. The molecule has 0 radical (unpaired) electrons. The molecule has 0 saturated heterocycles. The lowest BCUT2D eigenvalue weighted by atomic mass is 10.1. The zero-order chi connectivity index (χ0) is 15.6. The number of nitrogens with zero attached hydrogens (tertiary/aromatic N) is 3. The summed E-state index contributed by atoms with van der Waals surface area (Å²) in [5, 5.41) is 14.2. The first-order valence-corrected chi connectivity index (χ1v) is 6.98. The van der Waals surface area contributed by atoms with E-state index in [0.29, 0.717) is 18.8 Å². The van der Waals surface area contributed by atoms with Crippen LogP contribution in [0.2, 0.25) is 0 Å². The van der Waals surface area contributed by atoms with Crippen molar-refractivity contribution < 1.29 is 4.79 Å². The third kappa shape index (κ3) is 3.13. The van der Waals surface area contributed by atoms with Crippen LogP contribution < -0.4 is 11.1 Å². The smallest absolute Gasteiger partial charge is 0.269 e. The Morgan fingerprint density at radius 1 is 1.52 bits per heavy atom. The normalized spacial score (nSPS) is 12.4. The van der Waals surface area contributed by atoms with Crippen LogP contribution in [-0.4, -0.2) is 39.0 Å². The molecule has 0 fully saturated rings. The summed E-state index contributed by atoms with van der Waals surface area (Å²) >= 11 is 0. The van der Waals surface area contributed by atoms with Crippen LogP contribution >= 0.6 is 0 Å². The van der Waals surface area contributed by atoms with Gasteiger partial charge in [0.2, 0.25) is 0 Å². The highest BCUT2D eigenvalue weighted by Gasteiger charge is 2.17. The minimum atomic E-state index is -0.173. The van der Waals surface area contributed by atoms with Crippen LogP contribution in [-0.2, 0) is 7.05 Å². The third-order valence-corrected chi connectivity index (χ3v) is 3.60. The molecule has 0 bridgehead atoms. The molecular formula is C14H22N6O. The molecule has 1 atom stereocenters. The van der Waals surface area contributed by atoms with Gasteiger partial charge in [-0.15, -0.1) is 0 Å². The number of aryl methyl sites for hydroxylation is 2. The topological polar surface area (TPSA) is 102 Å². The molecule has 0 aliphatic heterocycles. The van der Waals surface area contributed by atoms with Crippen molar-refractivity contribution in [3.63, 3.8) is 0 Å². The number of hydrogen-bond donors (Lipinski definition) is 3. The molecule has 0 aliphatic rings. The average molecular weight is 290 g/mol. The lowest BCUT2D eigenvalue weighted by molar-refractivity contribution is 0.0943. The lowest BCUT2D eigenvalue weighted by Crippen LogP contribution is -2.31. The molecule has 0 aromatic carbocycles. The van der Waals surface area contributed by atoms with Gasteiger partial charge in [0, 0.05) is 24.8 Å². The van der Waals surface area contributed by atoms with Crippen molar-refractivity contribution in [2.24, 2.45) is 18.7 Å². The van der Waals surface area contributed by atoms with Gasteiger partial charge in [-0.3, -0.25) is 14.6 Å². The van der Waals surface area contributed by atoms with Crippen molar-refractivity contribution in [3.8, 4) is 11.3 Å². The first-order valence-electron chi connectivity index (χ1n) is 6.98. The zero-order valence-electron chi connectivity index (χ0n) is 12.9. The van der Waals surface area contributed by atoms with E-state index < -0.39 is 0 Å². The van der Waals surface area contributed by atoms with Crippen LogP contribution in [0.1, 0.15) is 28.8 Å². The zero-order valence-corrected chi connectivity index (χ0v) is 12.9. The molecule has 0 spiro atoms. The summed E-state index contributed by atoms with van der Waals surface area (Å²) in [7, 11) is 1.89. The van der Waals surface area contributed by atoms with Gasteiger partial charge in [-0.25, -0.2) is 0 Å². The van der Waals surface area contributed by atoms with E-state index in [-0.39, 0.29) is 11.8 Å². The monoisotopic (exact) mass is 290 g/mol. The molecule has 2 heterocycles. The summed E-state index contributed by atoms with van der Waals surface area (Å²) in [4.78, 5) is 12.0. The van der Waals surface area contributed by atoms with Gasteiger partial charge >= 0.3 is 0 Å². The number of H-pyrrole nitrogens is 1. The second-order valence-corrected chi connectivity index (χ2v) is 5.39. The highest BCUT2D eigenvalue weighted by atomic mass is 16.1. The van der Waals surface area contributed by atoms with E-state index in [2.05, 4.69) is 20.6 Å². The van der Waals surface area contributed by atoms with E-state index in [4.69, 9.17) is 5.73 Å². The fraction of sp³-hybridized carbons (Fsp3) is 0.500. The van der Waals surface area contributed by atoms with Crippen molar-refractivity contribution in [1.82, 2.24) is 25.3 Å². The Morgan fingerprint density at radius 2 is 2.24 bits per heavy atom. The molecule has 2 aromatic rings. The maximum Gasteiger partial charge on any atom is 0.269 e. The van der Waals surface area contributed by atoms with E-state index in [0.717, 1.165) is 22.6 Å². The maximum atomic E-state index is 12.0. The van der Waals surface area contributed by atoms with Crippen LogP contribution in [0.25, 0.3) is 11.3 Å². The predicted octanol–water partition coefficient (Wildman–Crippen LogP) is 0.752. The van der Waals surface area contributed by atoms with Crippen LogP contribution in [0.5, 0.6) is 0 Å². The number of carbonyl (C=O) groups is 1. The first kappa shape index (κ1) is 15.2. The number of amides is 1. The number of hydrogen-bond acceptors (Lipinski definition) is 4. The molecule has 1 unspecified atom stereocenters. The summed E-state index contributed by atoms with van der Waals surface area (Å²) < 4.78 is 1.81. The Labute approximate surface area is 123 Å². The molecule has 2 aromatic heterocycles. The molecular weight excluding hydrogens is 268 g/mol. The second kappa shape index (κ2) is 6.09. The minimum absolute atomic E-state index is 0.173. The van der Waals surface area contributed by atoms with Crippen molar-refractivity contribution in [2.45, 2.75) is 20.8 Å². The average Bonchev–Trinajstić information content (AvgIpc) is 3.02. The third-order valence-electron chi connectivity index (χ3n) is 3.60. The van der Waals surface area contributed by atoms with Crippen molar-refractivity contribution in [3.05, 3.63) is 23.1 Å². The highest BCUT2D eigenvalue weighted by Crippen LogP contribution is 2.25. The van der Waals surface area contributed by atoms with Gasteiger partial charge in [-0.1, -0.05) is 6.92 Å². The van der Waals surface area contributed by atoms with E-state index in [1.54, 1.807) is 6.07 Å². The summed E-state index contributed by atoms with van der Waals surface area (Å²) in [6, 6.07) is 1.75. The second-order valence-electron chi connectivity index (χ2n) is 5.39. The predicted molar refractivity (Wildman–Crippen MR) is 80.8 cm³/mol. The number of nitrogens with one attached hydrogen (secondary N) is 2. The molecule has 21 heavy (non-hydrogen) atoms. The maximum absolute atomic E-state index is 12.0. The molecule has 1 amide bonds. The molecule has 0 aliphatic carbocycles. The Morgan fingerprint density at radius 3 is 2.81 bits per heavy atom. The first-order chi connectivity index (χ1) is 9.93. The number of aromatic nitrogens is 4. The van der Waals surface area contributed by atoms with E-state index in [1.165, 1.54) is 0 Å². The summed E-state index contributed by atoms with van der Waals surface area (Å²) in [6.07, 6.45) is 0. The summed E-state index contributed by atoms with van der Waals surface area (Å²) in [5.41, 5.74) is 9.58. The van der Waals surface area contributed by atoms with Gasteiger partial charge < -0.3 is 11.1 Å². The fourth-order valence-corrected chi connectivity index (χ4v) is 2.16. The summed E-state index contributed by atoms with van der Waals surface area (Å²) in [5.74, 6) is 0.0763. The fourth-order valence-electron chi connectivity index (χ4n) is 2.16. The van der Waals surface area contributed by atoms with Crippen LogP contribution in [0.4, 0.5) is 0 Å². The lowest BCUT2D eigenvalue weighted by Gasteiger charge is -2.08. The van der Waals surface area contributed by atoms with Crippen LogP contribution in [0.15, 0.2) is 6.07 Å². The number of nitrogens with two attached hydrogens (primary N) is 1. The van der Waals surface area contributed by atoms with Gasteiger partial charge in [-0.2, -0.15) is 10.2 Å². The number of aromatic amines is 1. The number of rotatable bonds is 5. The van der Waals surface area contributed by atoms with Gasteiger partial charge in [-0.05, 0) is 32.4 Å². The highest BCUT2D eigenvalue weighted by molar-refractivity contribution is 5.93. The molecule has 114 valence electrons. The van der Waals surface area contributed by atoms with Gasteiger partial charge in [0.1, 0.15) is 5.69 Å². The van der Waals surface area contributed by atoms with E-state index in [1.807, 2.05) is 32.5 Å². The van der Waals surface area contributed by atoms with E-state index >= 15 is 0 Å². The Hall–Kier alpha value is -2.15. The van der Waals surface area contributed by atoms with Crippen molar-refractivity contribution in [2.75, 3.05) is 13.1 Å². The standard InChI is InChI=1S/C14H22N6O/c1-8(6-15)7-16-14(21)12-5-11(17-18-12)13-9(2)19-20(4)10(13)3/h5,8H,6-7,15H2,1-4H3,(H,16,21)(H,17,18). The van der Waals surface area contributed by atoms with Crippen molar-refractivity contribution >= 4 is 5.91 Å². The van der Waals surface area contributed by atoms with Crippen LogP contribution in [0.3, 0.4) is 0 Å². The molecule has 7 nitrogen and oxygen atoms in total. The molecule has 4 N–H and O–H groups in total.